The van der Waals surface area contributed by atoms with Crippen molar-refractivity contribution < 1.29 is 23.1 Å². The molecular formula is C13H22F2N2O3. The number of carbonyl (C=O) groups is 2. The molecule has 116 valence electrons. The van der Waals surface area contributed by atoms with Gasteiger partial charge in [0.15, 0.2) is 0 Å². The molecule has 0 bridgehead atoms. The molecule has 1 saturated heterocycles. The predicted molar refractivity (Wildman–Crippen MR) is 69.4 cm³/mol. The van der Waals surface area contributed by atoms with E-state index < -0.39 is 13.0 Å². The summed E-state index contributed by atoms with van der Waals surface area (Å²) in [6.45, 7) is 3.96. The second-order valence-corrected chi connectivity index (χ2v) is 5.03. The van der Waals surface area contributed by atoms with Gasteiger partial charge < -0.3 is 15.0 Å². The average Bonchev–Trinajstić information content (AvgIpc) is 2.36. The molecule has 0 radical (unpaired) electrons. The first-order valence-corrected chi connectivity index (χ1v) is 6.85. The van der Waals surface area contributed by atoms with E-state index in [2.05, 4.69) is 5.32 Å². The molecule has 1 rings (SSSR count). The number of esters is 1. The molecule has 2 unspecified atom stereocenters. The number of ether oxygens (including phenoxy) is 1. The van der Waals surface area contributed by atoms with Crippen LogP contribution in [0.2, 0.25) is 0 Å². The third-order valence-corrected chi connectivity index (χ3v) is 3.30. The highest BCUT2D eigenvalue weighted by Crippen LogP contribution is 2.21. The normalized spacial score (nSPS) is 22.9. The van der Waals surface area contributed by atoms with Crippen molar-refractivity contribution in [2.45, 2.75) is 39.2 Å². The van der Waals surface area contributed by atoms with Crippen molar-refractivity contribution in [3.05, 3.63) is 0 Å². The van der Waals surface area contributed by atoms with E-state index in [4.69, 9.17) is 4.74 Å². The maximum atomic E-state index is 12.2. The average molecular weight is 292 g/mol. The molecule has 7 heteroatoms. The first kappa shape index (κ1) is 16.8. The van der Waals surface area contributed by atoms with Gasteiger partial charge in [-0.2, -0.15) is 0 Å². The van der Waals surface area contributed by atoms with Crippen LogP contribution in [0.1, 0.15) is 26.7 Å². The van der Waals surface area contributed by atoms with Crippen LogP contribution in [0.5, 0.6) is 0 Å². The molecule has 1 aliphatic rings. The number of nitrogens with zero attached hydrogens (tertiary/aromatic N) is 1. The first-order valence-electron chi connectivity index (χ1n) is 6.85. The second kappa shape index (κ2) is 8.14. The number of nitrogens with one attached hydrogen (secondary N) is 1. The van der Waals surface area contributed by atoms with Crippen LogP contribution in [0, 0.1) is 5.92 Å². The van der Waals surface area contributed by atoms with Gasteiger partial charge in [0.2, 0.25) is 5.91 Å². The Balaban J connectivity index is 2.56. The molecule has 0 aromatic heterocycles. The number of halogens is 2. The van der Waals surface area contributed by atoms with Crippen LogP contribution in [-0.2, 0) is 14.3 Å². The molecule has 0 aromatic carbocycles. The van der Waals surface area contributed by atoms with Crippen LogP contribution in [-0.4, -0.2) is 55.5 Å². The summed E-state index contributed by atoms with van der Waals surface area (Å²) in [7, 11) is 0. The minimum Gasteiger partial charge on any atom is -0.466 e. The Hall–Kier alpha value is -1.24. The first-order chi connectivity index (χ1) is 9.42. The number of amides is 1. The number of hydrogen-bond donors (Lipinski definition) is 1. The van der Waals surface area contributed by atoms with E-state index in [1.807, 2.05) is 0 Å². The number of piperidine rings is 1. The fourth-order valence-corrected chi connectivity index (χ4v) is 2.47. The number of alkyl halides is 2. The molecule has 1 N–H and O–H groups in total. The Morgan fingerprint density at radius 2 is 2.10 bits per heavy atom. The highest BCUT2D eigenvalue weighted by atomic mass is 19.3. The van der Waals surface area contributed by atoms with E-state index in [-0.39, 0.29) is 30.3 Å². The molecule has 5 nitrogen and oxygen atoms in total. The Labute approximate surface area is 117 Å². The van der Waals surface area contributed by atoms with Crippen molar-refractivity contribution >= 4 is 11.9 Å². The number of carbonyl (C=O) groups excluding carboxylic acids is 2. The molecule has 1 amide bonds. The molecule has 0 spiro atoms. The zero-order valence-electron chi connectivity index (χ0n) is 11.9. The Morgan fingerprint density at radius 3 is 2.65 bits per heavy atom. The molecular weight excluding hydrogens is 270 g/mol. The van der Waals surface area contributed by atoms with E-state index in [0.29, 0.717) is 26.1 Å². The Morgan fingerprint density at radius 1 is 1.40 bits per heavy atom. The van der Waals surface area contributed by atoms with Gasteiger partial charge in [0.05, 0.1) is 19.6 Å². The van der Waals surface area contributed by atoms with Gasteiger partial charge in [-0.15, -0.1) is 0 Å². The quantitative estimate of drug-likeness (QED) is 0.743. The van der Waals surface area contributed by atoms with Crippen LogP contribution >= 0.6 is 0 Å². The van der Waals surface area contributed by atoms with Crippen LogP contribution in [0.4, 0.5) is 8.78 Å². The lowest BCUT2D eigenvalue weighted by atomic mass is 9.91. The van der Waals surface area contributed by atoms with Gasteiger partial charge >= 0.3 is 5.97 Å². The van der Waals surface area contributed by atoms with Crippen molar-refractivity contribution in [1.82, 2.24) is 10.2 Å². The molecule has 0 aliphatic carbocycles. The van der Waals surface area contributed by atoms with Crippen molar-refractivity contribution in [2.75, 3.05) is 26.2 Å². The third-order valence-electron chi connectivity index (χ3n) is 3.30. The summed E-state index contributed by atoms with van der Waals surface area (Å²) in [5, 5.41) is 2.75. The maximum Gasteiger partial charge on any atom is 0.306 e. The minimum absolute atomic E-state index is 0.0538. The maximum absolute atomic E-state index is 12.2. The lowest BCUT2D eigenvalue weighted by Gasteiger charge is -2.37. The van der Waals surface area contributed by atoms with Crippen molar-refractivity contribution in [2.24, 2.45) is 5.92 Å². The van der Waals surface area contributed by atoms with Crippen LogP contribution < -0.4 is 5.32 Å². The van der Waals surface area contributed by atoms with Crippen LogP contribution in [0.25, 0.3) is 0 Å². The van der Waals surface area contributed by atoms with Crippen molar-refractivity contribution in [3.8, 4) is 0 Å². The summed E-state index contributed by atoms with van der Waals surface area (Å²) in [5.74, 6) is -0.472. The summed E-state index contributed by atoms with van der Waals surface area (Å²) in [4.78, 5) is 24.6. The highest BCUT2D eigenvalue weighted by Gasteiger charge is 2.30. The Bertz CT molecular complexity index is 340. The summed E-state index contributed by atoms with van der Waals surface area (Å²) >= 11 is 0. The van der Waals surface area contributed by atoms with E-state index in [0.717, 1.165) is 0 Å². The molecule has 20 heavy (non-hydrogen) atoms. The molecule has 2 atom stereocenters. The number of likely N-dealkylation sites (tertiary alicyclic amines) is 1. The van der Waals surface area contributed by atoms with Crippen molar-refractivity contribution in [1.29, 1.82) is 0 Å². The van der Waals surface area contributed by atoms with Gasteiger partial charge in [0.25, 0.3) is 6.43 Å². The van der Waals surface area contributed by atoms with Gasteiger partial charge in [-0.25, -0.2) is 8.78 Å². The van der Waals surface area contributed by atoms with Crippen LogP contribution in [0.15, 0.2) is 0 Å². The van der Waals surface area contributed by atoms with Gasteiger partial charge in [-0.1, -0.05) is 0 Å². The van der Waals surface area contributed by atoms with Crippen LogP contribution in [0.3, 0.4) is 0 Å². The standard InChI is InChI=1S/C13H22F2N2O3/c1-3-20-13(19)5-10-4-11(16-6-12(14)15)8-17(7-10)9(2)18/h10-12,16H,3-8H2,1-2H3. The summed E-state index contributed by atoms with van der Waals surface area (Å²) < 4.78 is 29.4. The molecule has 1 fully saturated rings. The zero-order valence-corrected chi connectivity index (χ0v) is 11.9. The second-order valence-electron chi connectivity index (χ2n) is 5.03. The van der Waals surface area contributed by atoms with E-state index in [1.54, 1.807) is 11.8 Å². The molecule has 0 saturated carbocycles. The predicted octanol–water partition coefficient (Wildman–Crippen LogP) is 1.03. The third kappa shape index (κ3) is 5.81. The smallest absolute Gasteiger partial charge is 0.306 e. The lowest BCUT2D eigenvalue weighted by Crippen LogP contribution is -2.51. The van der Waals surface area contributed by atoms with Gasteiger partial charge in [0.1, 0.15) is 0 Å². The summed E-state index contributed by atoms with van der Waals surface area (Å²) in [6, 6.07) is -0.207. The number of rotatable bonds is 6. The SMILES string of the molecule is CCOC(=O)CC1CC(NCC(F)F)CN(C(C)=O)C1. The topological polar surface area (TPSA) is 58.6 Å². The molecule has 0 aromatic rings. The zero-order chi connectivity index (χ0) is 15.1. The van der Waals surface area contributed by atoms with Gasteiger partial charge in [-0.3, -0.25) is 9.59 Å². The van der Waals surface area contributed by atoms with Gasteiger partial charge in [0, 0.05) is 26.1 Å². The molecule has 1 heterocycles. The monoisotopic (exact) mass is 292 g/mol. The molecule has 1 aliphatic heterocycles. The minimum atomic E-state index is -2.42. The fraction of sp³-hybridized carbons (Fsp3) is 0.846. The lowest BCUT2D eigenvalue weighted by molar-refractivity contribution is -0.145. The summed E-state index contributed by atoms with van der Waals surface area (Å²) in [6.07, 6.45) is -1.62. The summed E-state index contributed by atoms with van der Waals surface area (Å²) in [5.41, 5.74) is 0. The van der Waals surface area contributed by atoms with E-state index >= 15 is 0 Å². The highest BCUT2D eigenvalue weighted by molar-refractivity contribution is 5.74. The number of hydrogen-bond acceptors (Lipinski definition) is 4. The Kier molecular flexibility index (Phi) is 6.84. The van der Waals surface area contributed by atoms with Crippen molar-refractivity contribution in [3.63, 3.8) is 0 Å². The van der Waals surface area contributed by atoms with E-state index in [9.17, 15) is 18.4 Å². The largest absolute Gasteiger partial charge is 0.466 e. The van der Waals surface area contributed by atoms with E-state index in [1.165, 1.54) is 6.92 Å². The van der Waals surface area contributed by atoms with Gasteiger partial charge in [-0.05, 0) is 19.3 Å². The fourth-order valence-electron chi connectivity index (χ4n) is 2.47.